The van der Waals surface area contributed by atoms with Gasteiger partial charge >= 0.3 is 0 Å². The maximum absolute atomic E-state index is 13.2. The molecule has 0 aromatic carbocycles. The highest BCUT2D eigenvalue weighted by molar-refractivity contribution is 5.87. The average Bonchev–Trinajstić information content (AvgIpc) is 2.11. The molecule has 0 fully saturated rings. The van der Waals surface area contributed by atoms with Crippen molar-refractivity contribution in [1.29, 1.82) is 0 Å². The van der Waals surface area contributed by atoms with Gasteiger partial charge in [-0.3, -0.25) is 4.79 Å². The number of halogens is 5. The monoisotopic (exact) mass is 213 g/mol. The molecule has 0 aromatic heterocycles. The molecule has 0 aromatic rings. The van der Waals surface area contributed by atoms with Crippen LogP contribution in [0.5, 0.6) is 0 Å². The maximum atomic E-state index is 13.2. The number of rotatable bonds is 1. The average molecular weight is 213 g/mol. The zero-order chi connectivity index (χ0) is 11.1. The van der Waals surface area contributed by atoms with E-state index < -0.39 is 35.2 Å². The van der Waals surface area contributed by atoms with Crippen LogP contribution in [-0.4, -0.2) is 17.7 Å². The van der Waals surface area contributed by atoms with Crippen molar-refractivity contribution in [3.05, 3.63) is 23.6 Å². The third-order valence-corrected chi connectivity index (χ3v) is 1.73. The number of carbonyl (C=O) groups is 1. The summed E-state index contributed by atoms with van der Waals surface area (Å²) in [4.78, 5) is 10.4. The van der Waals surface area contributed by atoms with Gasteiger partial charge in [0.1, 0.15) is 0 Å². The minimum Gasteiger partial charge on any atom is -0.366 e. The summed E-state index contributed by atoms with van der Waals surface area (Å²) in [5.74, 6) is -8.39. The van der Waals surface area contributed by atoms with Crippen molar-refractivity contribution in [2.45, 2.75) is 11.8 Å². The third-order valence-electron chi connectivity index (χ3n) is 1.73. The summed E-state index contributed by atoms with van der Waals surface area (Å²) in [5.41, 5.74) is 0.708. The number of alkyl halides is 2. The second-order valence-electron chi connectivity index (χ2n) is 2.65. The molecule has 1 rings (SSSR count). The highest BCUT2D eigenvalue weighted by Crippen LogP contribution is 2.38. The molecule has 2 unspecified atom stereocenters. The van der Waals surface area contributed by atoms with Crippen LogP contribution in [0.4, 0.5) is 22.0 Å². The van der Waals surface area contributed by atoms with Gasteiger partial charge in [-0.1, -0.05) is 0 Å². The lowest BCUT2D eigenvalue weighted by atomic mass is 9.93. The minimum atomic E-state index is -3.68. The van der Waals surface area contributed by atoms with E-state index in [0.717, 1.165) is 0 Å². The van der Waals surface area contributed by atoms with Crippen LogP contribution >= 0.6 is 0 Å². The topological polar surface area (TPSA) is 43.1 Å². The smallest absolute Gasteiger partial charge is 0.262 e. The first kappa shape index (κ1) is 10.7. The van der Waals surface area contributed by atoms with Crippen LogP contribution in [0.15, 0.2) is 23.6 Å². The van der Waals surface area contributed by atoms with Gasteiger partial charge in [0.05, 0.1) is 0 Å². The van der Waals surface area contributed by atoms with Crippen LogP contribution in [0.2, 0.25) is 0 Å². The first-order chi connectivity index (χ1) is 6.30. The van der Waals surface area contributed by atoms with E-state index in [-0.39, 0.29) is 6.08 Å². The molecule has 2 N–H and O–H groups in total. The normalized spacial score (nSPS) is 32.9. The predicted octanol–water partition coefficient (Wildman–Crippen LogP) is 1.54. The fourth-order valence-corrected chi connectivity index (χ4v) is 0.927. The highest BCUT2D eigenvalue weighted by atomic mass is 19.2. The highest BCUT2D eigenvalue weighted by Gasteiger charge is 2.51. The predicted molar refractivity (Wildman–Crippen MR) is 36.4 cm³/mol. The van der Waals surface area contributed by atoms with Crippen LogP contribution in [0.3, 0.4) is 0 Å². The summed E-state index contributed by atoms with van der Waals surface area (Å²) in [6, 6.07) is 0. The molecule has 7 heteroatoms. The van der Waals surface area contributed by atoms with Gasteiger partial charge in [-0.2, -0.15) is 0 Å². The number of hydrogen-bond donors (Lipinski definition) is 1. The van der Waals surface area contributed by atoms with Crippen LogP contribution in [0.1, 0.15) is 0 Å². The van der Waals surface area contributed by atoms with Crippen molar-refractivity contribution < 1.29 is 26.7 Å². The molecule has 0 spiro atoms. The number of allylic oxidation sites excluding steroid dienone is 3. The lowest BCUT2D eigenvalue weighted by Crippen LogP contribution is -2.48. The number of amides is 1. The maximum Gasteiger partial charge on any atom is 0.262 e. The quantitative estimate of drug-likeness (QED) is 0.659. The lowest BCUT2D eigenvalue weighted by molar-refractivity contribution is -0.130. The molecule has 78 valence electrons. The first-order valence-electron chi connectivity index (χ1n) is 3.37. The van der Waals surface area contributed by atoms with E-state index in [9.17, 15) is 26.7 Å². The molecule has 0 heterocycles. The number of carbonyl (C=O) groups excluding carboxylic acids is 1. The van der Waals surface area contributed by atoms with Crippen LogP contribution in [0.25, 0.3) is 0 Å². The molecule has 0 saturated carbocycles. The Morgan fingerprint density at radius 1 is 1.43 bits per heavy atom. The summed E-state index contributed by atoms with van der Waals surface area (Å²) in [6.45, 7) is 0. The van der Waals surface area contributed by atoms with E-state index >= 15 is 0 Å². The summed E-state index contributed by atoms with van der Waals surface area (Å²) >= 11 is 0. The van der Waals surface area contributed by atoms with Crippen molar-refractivity contribution >= 4 is 5.91 Å². The fraction of sp³-hybridized carbons (Fsp3) is 0.286. The Kier molecular flexibility index (Phi) is 2.34. The van der Waals surface area contributed by atoms with E-state index in [2.05, 4.69) is 5.73 Å². The third kappa shape index (κ3) is 1.28. The molecular formula is C7H4F5NO. The lowest BCUT2D eigenvalue weighted by Gasteiger charge is -2.24. The SMILES string of the molecule is NC(=O)C1(F)C=C(F)C(F)=C(F)C1F. The Morgan fingerprint density at radius 2 is 1.93 bits per heavy atom. The molecule has 0 bridgehead atoms. The summed E-state index contributed by atoms with van der Waals surface area (Å²) in [7, 11) is 0. The first-order valence-corrected chi connectivity index (χ1v) is 3.37. The standard InChI is InChI=1S/C7H4F5NO/c8-2-1-7(12,6(13)14)5(11)4(10)3(2)9/h1,5H,(H2,13,14). The van der Waals surface area contributed by atoms with Gasteiger partial charge in [0.2, 0.25) is 11.8 Å². The number of primary amides is 1. The van der Waals surface area contributed by atoms with Gasteiger partial charge in [0, 0.05) is 6.08 Å². The van der Waals surface area contributed by atoms with E-state index in [4.69, 9.17) is 0 Å². The van der Waals surface area contributed by atoms with Crippen LogP contribution in [0, 0.1) is 0 Å². The van der Waals surface area contributed by atoms with Gasteiger partial charge in [-0.15, -0.1) is 0 Å². The largest absolute Gasteiger partial charge is 0.366 e. The minimum absolute atomic E-state index is 0.321. The van der Waals surface area contributed by atoms with Crippen molar-refractivity contribution in [3.8, 4) is 0 Å². The summed E-state index contributed by atoms with van der Waals surface area (Å²) in [6.07, 6.45) is -3.57. The molecule has 1 aliphatic rings. The molecule has 14 heavy (non-hydrogen) atoms. The van der Waals surface area contributed by atoms with Gasteiger partial charge < -0.3 is 5.73 Å². The molecule has 1 amide bonds. The van der Waals surface area contributed by atoms with E-state index in [1.54, 1.807) is 0 Å². The Bertz CT molecular complexity index is 350. The molecule has 2 atom stereocenters. The van der Waals surface area contributed by atoms with E-state index in [1.165, 1.54) is 0 Å². The summed E-state index contributed by atoms with van der Waals surface area (Å²) < 4.78 is 63.1. The molecule has 0 aliphatic heterocycles. The van der Waals surface area contributed by atoms with Gasteiger partial charge in [0.25, 0.3) is 5.91 Å². The molecule has 1 aliphatic carbocycles. The van der Waals surface area contributed by atoms with Crippen molar-refractivity contribution in [2.24, 2.45) is 5.73 Å². The van der Waals surface area contributed by atoms with Crippen molar-refractivity contribution in [1.82, 2.24) is 0 Å². The van der Waals surface area contributed by atoms with Crippen LogP contribution < -0.4 is 5.73 Å². The second-order valence-corrected chi connectivity index (χ2v) is 2.65. The molecule has 0 saturated heterocycles. The Hall–Kier alpha value is -1.40. The Morgan fingerprint density at radius 3 is 2.36 bits per heavy atom. The van der Waals surface area contributed by atoms with E-state index in [1.807, 2.05) is 0 Å². The molecule has 0 radical (unpaired) electrons. The van der Waals surface area contributed by atoms with Crippen molar-refractivity contribution in [2.75, 3.05) is 0 Å². The Balaban J connectivity index is 3.27. The fourth-order valence-electron chi connectivity index (χ4n) is 0.927. The Labute approximate surface area is 74.9 Å². The van der Waals surface area contributed by atoms with E-state index in [0.29, 0.717) is 0 Å². The number of hydrogen-bond acceptors (Lipinski definition) is 1. The van der Waals surface area contributed by atoms with Gasteiger partial charge in [-0.25, -0.2) is 22.0 Å². The van der Waals surface area contributed by atoms with Crippen LogP contribution in [-0.2, 0) is 4.79 Å². The van der Waals surface area contributed by atoms with Gasteiger partial charge in [0.15, 0.2) is 17.5 Å². The molecule has 2 nitrogen and oxygen atoms in total. The number of nitrogens with two attached hydrogens (primary N) is 1. The summed E-state index contributed by atoms with van der Waals surface area (Å²) in [5, 5.41) is 0. The van der Waals surface area contributed by atoms with Crippen molar-refractivity contribution in [3.63, 3.8) is 0 Å². The van der Waals surface area contributed by atoms with Gasteiger partial charge in [-0.05, 0) is 0 Å². The zero-order valence-electron chi connectivity index (χ0n) is 6.53. The zero-order valence-corrected chi connectivity index (χ0v) is 6.53. The molecular weight excluding hydrogens is 209 g/mol. The second kappa shape index (κ2) is 3.07.